The van der Waals surface area contributed by atoms with E-state index in [1.807, 2.05) is 30.3 Å². The first-order valence-electron chi connectivity index (χ1n) is 5.10. The number of aldehydes is 1. The highest BCUT2D eigenvalue weighted by Crippen LogP contribution is 2.21. The van der Waals surface area contributed by atoms with Crippen molar-refractivity contribution in [2.75, 3.05) is 0 Å². The molecule has 0 atom stereocenters. The molecule has 2 rings (SSSR count). The monoisotopic (exact) mass is 226 g/mol. The number of aromatic carboxylic acids is 1. The van der Waals surface area contributed by atoms with E-state index >= 15 is 0 Å². The van der Waals surface area contributed by atoms with Gasteiger partial charge in [-0.25, -0.2) is 4.79 Å². The van der Waals surface area contributed by atoms with Crippen LogP contribution < -0.4 is 0 Å². The molecule has 0 spiro atoms. The number of carboxylic acid groups (broad SMARTS) is 1. The summed E-state index contributed by atoms with van der Waals surface area (Å²) in [4.78, 5) is 21.7. The van der Waals surface area contributed by atoms with Crippen LogP contribution in [0.25, 0.3) is 11.1 Å². The van der Waals surface area contributed by atoms with E-state index in [2.05, 4.69) is 0 Å². The molecule has 0 aliphatic rings. The molecular weight excluding hydrogens is 216 g/mol. The summed E-state index contributed by atoms with van der Waals surface area (Å²) in [6.07, 6.45) is 0.554. The highest BCUT2D eigenvalue weighted by molar-refractivity contribution is 5.98. The fourth-order valence-corrected chi connectivity index (χ4v) is 1.65. The van der Waals surface area contributed by atoms with Gasteiger partial charge in [0.1, 0.15) is 0 Å². The number of carbonyl (C=O) groups is 2. The Balaban J connectivity index is 2.55. The van der Waals surface area contributed by atoms with Gasteiger partial charge in [0.15, 0.2) is 6.29 Å². The van der Waals surface area contributed by atoms with E-state index in [9.17, 15) is 9.59 Å². The van der Waals surface area contributed by atoms with Gasteiger partial charge >= 0.3 is 5.97 Å². The summed E-state index contributed by atoms with van der Waals surface area (Å²) in [5.41, 5.74) is 1.93. The molecule has 2 aromatic carbocycles. The van der Waals surface area contributed by atoms with Crippen molar-refractivity contribution in [3.63, 3.8) is 0 Å². The normalized spacial score (nSPS) is 9.88. The van der Waals surface area contributed by atoms with E-state index < -0.39 is 5.97 Å². The molecule has 0 bridgehead atoms. The van der Waals surface area contributed by atoms with E-state index in [4.69, 9.17) is 5.11 Å². The molecule has 17 heavy (non-hydrogen) atoms. The zero-order valence-corrected chi connectivity index (χ0v) is 8.96. The summed E-state index contributed by atoms with van der Waals surface area (Å²) in [7, 11) is 0. The Morgan fingerprint density at radius 1 is 1.00 bits per heavy atom. The van der Waals surface area contributed by atoms with Crippen LogP contribution in [0.3, 0.4) is 0 Å². The topological polar surface area (TPSA) is 54.4 Å². The summed E-state index contributed by atoms with van der Waals surface area (Å²) < 4.78 is 0. The molecule has 0 saturated carbocycles. The molecule has 0 aliphatic heterocycles. The Hall–Kier alpha value is -2.42. The highest BCUT2D eigenvalue weighted by Gasteiger charge is 2.10. The third-order valence-corrected chi connectivity index (χ3v) is 2.52. The second-order valence-electron chi connectivity index (χ2n) is 3.59. The third kappa shape index (κ3) is 2.23. The van der Waals surface area contributed by atoms with Gasteiger partial charge in [0.05, 0.1) is 5.56 Å². The maximum absolute atomic E-state index is 11.0. The van der Waals surface area contributed by atoms with Gasteiger partial charge in [-0.1, -0.05) is 42.5 Å². The van der Waals surface area contributed by atoms with Gasteiger partial charge < -0.3 is 5.11 Å². The third-order valence-electron chi connectivity index (χ3n) is 2.52. The van der Waals surface area contributed by atoms with Crippen LogP contribution in [0.2, 0.25) is 0 Å². The summed E-state index contributed by atoms with van der Waals surface area (Å²) in [6, 6.07) is 14.2. The number of hydrogen-bond acceptors (Lipinski definition) is 2. The zero-order valence-electron chi connectivity index (χ0n) is 8.96. The van der Waals surface area contributed by atoms with Gasteiger partial charge in [-0.05, 0) is 17.2 Å². The predicted octanol–water partition coefficient (Wildman–Crippen LogP) is 2.86. The first-order chi connectivity index (χ1) is 8.22. The van der Waals surface area contributed by atoms with Gasteiger partial charge in [-0.2, -0.15) is 0 Å². The molecule has 0 radical (unpaired) electrons. The maximum atomic E-state index is 11.0. The van der Waals surface area contributed by atoms with Crippen molar-refractivity contribution in [1.29, 1.82) is 0 Å². The summed E-state index contributed by atoms with van der Waals surface area (Å²) >= 11 is 0. The van der Waals surface area contributed by atoms with Gasteiger partial charge in [-0.3, -0.25) is 4.79 Å². The molecule has 2 aromatic rings. The lowest BCUT2D eigenvalue weighted by Crippen LogP contribution is -2.01. The van der Waals surface area contributed by atoms with Crippen molar-refractivity contribution in [3.8, 4) is 11.1 Å². The van der Waals surface area contributed by atoms with Crippen LogP contribution in [0.15, 0.2) is 48.5 Å². The Morgan fingerprint density at radius 2 is 1.71 bits per heavy atom. The number of benzene rings is 2. The van der Waals surface area contributed by atoms with Crippen LogP contribution in [0.5, 0.6) is 0 Å². The first kappa shape index (κ1) is 11.1. The van der Waals surface area contributed by atoms with Crippen molar-refractivity contribution in [2.45, 2.75) is 0 Å². The van der Waals surface area contributed by atoms with Crippen LogP contribution in [-0.2, 0) is 0 Å². The lowest BCUT2D eigenvalue weighted by Gasteiger charge is -2.04. The van der Waals surface area contributed by atoms with Crippen molar-refractivity contribution >= 4 is 12.3 Å². The number of rotatable bonds is 3. The largest absolute Gasteiger partial charge is 0.478 e. The van der Waals surface area contributed by atoms with Crippen LogP contribution in [0.4, 0.5) is 0 Å². The second-order valence-corrected chi connectivity index (χ2v) is 3.59. The molecule has 0 fully saturated rings. The molecule has 3 nitrogen and oxygen atoms in total. The average molecular weight is 226 g/mol. The Labute approximate surface area is 98.3 Å². The predicted molar refractivity (Wildman–Crippen MR) is 64.2 cm³/mol. The summed E-state index contributed by atoms with van der Waals surface area (Å²) in [5.74, 6) is -1.09. The van der Waals surface area contributed by atoms with E-state index in [0.717, 1.165) is 11.1 Å². The second kappa shape index (κ2) is 4.61. The van der Waals surface area contributed by atoms with E-state index in [1.54, 1.807) is 6.07 Å². The van der Waals surface area contributed by atoms with Crippen molar-refractivity contribution < 1.29 is 14.7 Å². The van der Waals surface area contributed by atoms with E-state index in [0.29, 0.717) is 6.29 Å². The Morgan fingerprint density at radius 3 is 2.29 bits per heavy atom. The number of carbonyl (C=O) groups excluding carboxylic acids is 1. The molecule has 1 N–H and O–H groups in total. The minimum atomic E-state index is -1.09. The molecular formula is C14H10O3. The van der Waals surface area contributed by atoms with Crippen LogP contribution in [0, 0.1) is 0 Å². The molecule has 0 aromatic heterocycles. The van der Waals surface area contributed by atoms with Crippen molar-refractivity contribution in [1.82, 2.24) is 0 Å². The minimum Gasteiger partial charge on any atom is -0.478 e. The smallest absolute Gasteiger partial charge is 0.336 e. The molecule has 0 saturated heterocycles. The number of carboxylic acids is 1. The van der Waals surface area contributed by atoms with Gasteiger partial charge in [0, 0.05) is 5.56 Å². The molecule has 0 amide bonds. The maximum Gasteiger partial charge on any atom is 0.336 e. The first-order valence-corrected chi connectivity index (χ1v) is 5.10. The molecule has 0 heterocycles. The average Bonchev–Trinajstić information content (AvgIpc) is 2.39. The molecule has 84 valence electrons. The zero-order chi connectivity index (χ0) is 12.3. The van der Waals surface area contributed by atoms with Gasteiger partial charge in [0.25, 0.3) is 0 Å². The minimum absolute atomic E-state index is 0.0290. The summed E-state index contributed by atoms with van der Waals surface area (Å²) in [6.45, 7) is 0. The lowest BCUT2D eigenvalue weighted by molar-refractivity contribution is 0.0694. The van der Waals surface area contributed by atoms with Crippen LogP contribution >= 0.6 is 0 Å². The lowest BCUT2D eigenvalue weighted by atomic mass is 10.00. The molecule has 0 unspecified atom stereocenters. The highest BCUT2D eigenvalue weighted by atomic mass is 16.4. The summed E-state index contributed by atoms with van der Waals surface area (Å²) in [5, 5.41) is 9.01. The van der Waals surface area contributed by atoms with E-state index in [1.165, 1.54) is 12.1 Å². The fourth-order valence-electron chi connectivity index (χ4n) is 1.65. The van der Waals surface area contributed by atoms with Gasteiger partial charge in [-0.15, -0.1) is 0 Å². The molecule has 3 heteroatoms. The van der Waals surface area contributed by atoms with Crippen LogP contribution in [-0.4, -0.2) is 17.4 Å². The van der Waals surface area contributed by atoms with Crippen LogP contribution in [0.1, 0.15) is 20.7 Å². The standard InChI is InChI=1S/C14H10O3/c15-9-12-7-6-11(8-13(12)14(16)17)10-4-2-1-3-5-10/h1-9H,(H,16,17). The van der Waals surface area contributed by atoms with Crippen molar-refractivity contribution in [2.24, 2.45) is 0 Å². The quantitative estimate of drug-likeness (QED) is 0.819. The Bertz CT molecular complexity index is 559. The molecule has 0 aliphatic carbocycles. The number of hydrogen-bond donors (Lipinski definition) is 1. The fraction of sp³-hybridized carbons (Fsp3) is 0. The Kier molecular flexibility index (Phi) is 3.01. The van der Waals surface area contributed by atoms with Gasteiger partial charge in [0.2, 0.25) is 0 Å². The SMILES string of the molecule is O=Cc1ccc(-c2ccccc2)cc1C(=O)O. The van der Waals surface area contributed by atoms with Crippen molar-refractivity contribution in [3.05, 3.63) is 59.7 Å². The van der Waals surface area contributed by atoms with E-state index in [-0.39, 0.29) is 11.1 Å².